The van der Waals surface area contributed by atoms with Crippen molar-refractivity contribution in [1.82, 2.24) is 0 Å². The van der Waals surface area contributed by atoms with Crippen LogP contribution in [0.25, 0.3) is 0 Å². The summed E-state index contributed by atoms with van der Waals surface area (Å²) in [4.78, 5) is 2.10. The second-order valence-corrected chi connectivity index (χ2v) is 4.68. The molecule has 1 aromatic carbocycles. The Morgan fingerprint density at radius 2 is 1.94 bits per heavy atom. The summed E-state index contributed by atoms with van der Waals surface area (Å²) in [6, 6.07) is 8.41. The largest absolute Gasteiger partial charge is 0.378 e. The van der Waals surface area contributed by atoms with E-state index in [1.165, 1.54) is 24.9 Å². The standard InChI is InChI=1S/C16H19N/c1-17(2)16-12-10-15(11-13-16)9-8-14-6-4-3-5-7-14/h4,6,10-14H,3,5,7H2,1-2H3. The quantitative estimate of drug-likeness (QED) is 0.522. The fourth-order valence-electron chi connectivity index (χ4n) is 1.95. The third-order valence-corrected chi connectivity index (χ3v) is 3.04. The maximum atomic E-state index is 3.34. The number of hydrogen-bond acceptors (Lipinski definition) is 1. The van der Waals surface area contributed by atoms with Crippen LogP contribution in [0.3, 0.4) is 0 Å². The van der Waals surface area contributed by atoms with Gasteiger partial charge in [-0.2, -0.15) is 0 Å². The molecule has 0 saturated heterocycles. The van der Waals surface area contributed by atoms with Crippen molar-refractivity contribution >= 4 is 5.69 Å². The Morgan fingerprint density at radius 3 is 2.53 bits per heavy atom. The van der Waals surface area contributed by atoms with E-state index in [0.29, 0.717) is 5.92 Å². The predicted molar refractivity (Wildman–Crippen MR) is 74.1 cm³/mol. The lowest BCUT2D eigenvalue weighted by molar-refractivity contribution is 0.645. The minimum absolute atomic E-state index is 0.456. The number of nitrogens with zero attached hydrogens (tertiary/aromatic N) is 1. The van der Waals surface area contributed by atoms with Gasteiger partial charge >= 0.3 is 0 Å². The lowest BCUT2D eigenvalue weighted by Crippen LogP contribution is -2.07. The maximum absolute atomic E-state index is 3.34. The molecule has 1 aliphatic carbocycles. The van der Waals surface area contributed by atoms with E-state index in [1.807, 2.05) is 14.1 Å². The van der Waals surface area contributed by atoms with Crippen molar-refractivity contribution in [2.45, 2.75) is 19.3 Å². The molecule has 0 fully saturated rings. The Bertz CT molecular complexity index is 443. The van der Waals surface area contributed by atoms with E-state index >= 15 is 0 Å². The van der Waals surface area contributed by atoms with E-state index in [9.17, 15) is 0 Å². The third kappa shape index (κ3) is 3.39. The molecule has 88 valence electrons. The van der Waals surface area contributed by atoms with E-state index in [2.05, 4.69) is 53.2 Å². The molecule has 2 rings (SSSR count). The molecule has 1 heteroatoms. The lowest BCUT2D eigenvalue weighted by Gasteiger charge is -2.11. The minimum atomic E-state index is 0.456. The van der Waals surface area contributed by atoms with Gasteiger partial charge in [-0.15, -0.1) is 0 Å². The summed E-state index contributed by atoms with van der Waals surface area (Å²) in [5.74, 6) is 7.05. The first-order chi connectivity index (χ1) is 8.25. The molecular formula is C16H19N. The van der Waals surface area contributed by atoms with E-state index in [4.69, 9.17) is 0 Å². The number of hydrogen-bond donors (Lipinski definition) is 0. The van der Waals surface area contributed by atoms with Gasteiger partial charge in [-0.1, -0.05) is 24.0 Å². The first kappa shape index (κ1) is 11.8. The molecule has 0 spiro atoms. The Labute approximate surface area is 104 Å². The Balaban J connectivity index is 2.06. The van der Waals surface area contributed by atoms with E-state index in [1.54, 1.807) is 0 Å². The van der Waals surface area contributed by atoms with Gasteiger partial charge in [0.1, 0.15) is 0 Å². The second-order valence-electron chi connectivity index (χ2n) is 4.68. The highest BCUT2D eigenvalue weighted by molar-refractivity contribution is 5.49. The molecule has 0 radical (unpaired) electrons. The van der Waals surface area contributed by atoms with Gasteiger partial charge in [0.05, 0.1) is 0 Å². The van der Waals surface area contributed by atoms with Crippen LogP contribution < -0.4 is 4.90 Å². The van der Waals surface area contributed by atoms with Crippen molar-refractivity contribution in [1.29, 1.82) is 0 Å². The van der Waals surface area contributed by atoms with Crippen LogP contribution in [0, 0.1) is 17.8 Å². The minimum Gasteiger partial charge on any atom is -0.378 e. The van der Waals surface area contributed by atoms with Crippen molar-refractivity contribution in [3.8, 4) is 11.8 Å². The van der Waals surface area contributed by atoms with Crippen molar-refractivity contribution in [3.63, 3.8) is 0 Å². The summed E-state index contributed by atoms with van der Waals surface area (Å²) in [5, 5.41) is 0. The first-order valence-corrected chi connectivity index (χ1v) is 6.21. The van der Waals surface area contributed by atoms with Crippen molar-refractivity contribution < 1.29 is 0 Å². The summed E-state index contributed by atoms with van der Waals surface area (Å²) in [7, 11) is 4.10. The third-order valence-electron chi connectivity index (χ3n) is 3.04. The molecule has 1 atom stereocenters. The molecule has 0 heterocycles. The molecule has 0 bridgehead atoms. The summed E-state index contributed by atoms with van der Waals surface area (Å²) < 4.78 is 0. The van der Waals surface area contributed by atoms with Gasteiger partial charge in [0, 0.05) is 31.3 Å². The van der Waals surface area contributed by atoms with Gasteiger partial charge in [0.25, 0.3) is 0 Å². The van der Waals surface area contributed by atoms with Gasteiger partial charge in [0.15, 0.2) is 0 Å². The SMILES string of the molecule is CN(C)c1ccc(C#CC2C=CCCC2)cc1. The van der Waals surface area contributed by atoms with Crippen LogP contribution in [0.2, 0.25) is 0 Å². The molecule has 1 unspecified atom stereocenters. The zero-order valence-electron chi connectivity index (χ0n) is 10.6. The molecule has 1 aliphatic rings. The van der Waals surface area contributed by atoms with Crippen LogP contribution in [0.1, 0.15) is 24.8 Å². The fourth-order valence-corrected chi connectivity index (χ4v) is 1.95. The van der Waals surface area contributed by atoms with Crippen LogP contribution in [-0.2, 0) is 0 Å². The molecule has 0 N–H and O–H groups in total. The van der Waals surface area contributed by atoms with Crippen LogP contribution in [0.4, 0.5) is 5.69 Å². The molecule has 0 saturated carbocycles. The molecular weight excluding hydrogens is 206 g/mol. The Kier molecular flexibility index (Phi) is 3.88. The van der Waals surface area contributed by atoms with E-state index < -0.39 is 0 Å². The first-order valence-electron chi connectivity index (χ1n) is 6.21. The van der Waals surface area contributed by atoms with Crippen LogP contribution in [0.15, 0.2) is 36.4 Å². The zero-order valence-corrected chi connectivity index (χ0v) is 10.6. The summed E-state index contributed by atoms with van der Waals surface area (Å²) in [5.41, 5.74) is 2.32. The van der Waals surface area contributed by atoms with Gasteiger partial charge in [-0.05, 0) is 43.5 Å². The maximum Gasteiger partial charge on any atom is 0.0386 e. The molecule has 0 aromatic heterocycles. The Morgan fingerprint density at radius 1 is 1.18 bits per heavy atom. The predicted octanol–water partition coefficient (Wildman–Crippen LogP) is 3.46. The fraction of sp³-hybridized carbons (Fsp3) is 0.375. The van der Waals surface area contributed by atoms with E-state index in [-0.39, 0.29) is 0 Å². The highest BCUT2D eigenvalue weighted by Gasteiger charge is 2.03. The highest BCUT2D eigenvalue weighted by atomic mass is 15.1. The summed E-state index contributed by atoms with van der Waals surface area (Å²) in [6.45, 7) is 0. The van der Waals surface area contributed by atoms with Gasteiger partial charge in [-0.25, -0.2) is 0 Å². The molecule has 0 amide bonds. The number of rotatable bonds is 1. The molecule has 17 heavy (non-hydrogen) atoms. The van der Waals surface area contributed by atoms with Crippen molar-refractivity contribution in [2.75, 3.05) is 19.0 Å². The topological polar surface area (TPSA) is 3.24 Å². The van der Waals surface area contributed by atoms with E-state index in [0.717, 1.165) is 5.56 Å². The Hall–Kier alpha value is -1.68. The molecule has 1 aromatic rings. The van der Waals surface area contributed by atoms with Crippen LogP contribution in [0.5, 0.6) is 0 Å². The lowest BCUT2D eigenvalue weighted by atomic mass is 9.96. The normalized spacial score (nSPS) is 18.4. The number of anilines is 1. The van der Waals surface area contributed by atoms with Crippen molar-refractivity contribution in [2.24, 2.45) is 5.92 Å². The average molecular weight is 225 g/mol. The number of benzene rings is 1. The zero-order chi connectivity index (χ0) is 12.1. The highest BCUT2D eigenvalue weighted by Crippen LogP contribution is 2.16. The monoisotopic (exact) mass is 225 g/mol. The van der Waals surface area contributed by atoms with Gasteiger partial charge in [0.2, 0.25) is 0 Å². The van der Waals surface area contributed by atoms with Gasteiger partial charge in [-0.3, -0.25) is 0 Å². The molecule has 0 aliphatic heterocycles. The van der Waals surface area contributed by atoms with Crippen LogP contribution >= 0.6 is 0 Å². The summed E-state index contributed by atoms with van der Waals surface area (Å²) >= 11 is 0. The number of allylic oxidation sites excluding steroid dienone is 2. The smallest absolute Gasteiger partial charge is 0.0386 e. The second kappa shape index (κ2) is 5.59. The van der Waals surface area contributed by atoms with Crippen molar-refractivity contribution in [3.05, 3.63) is 42.0 Å². The molecule has 1 nitrogen and oxygen atoms in total. The van der Waals surface area contributed by atoms with Crippen LogP contribution in [-0.4, -0.2) is 14.1 Å². The summed E-state index contributed by atoms with van der Waals surface area (Å²) in [6.07, 6.45) is 8.19. The van der Waals surface area contributed by atoms with Gasteiger partial charge < -0.3 is 4.90 Å². The average Bonchev–Trinajstić information content (AvgIpc) is 2.38.